The molecule has 0 atom stereocenters. The van der Waals surface area contributed by atoms with Gasteiger partial charge in [0.25, 0.3) is 0 Å². The van der Waals surface area contributed by atoms with Crippen molar-refractivity contribution in [1.82, 2.24) is 0 Å². The number of rotatable bonds is 23. The zero-order valence-corrected chi connectivity index (χ0v) is 24.7. The maximum atomic E-state index is 12.2. The molecule has 0 fully saturated rings. The number of carbonyl (C=O) groups is 3. The standard InChI is InChI=1S/C31H50O6.CO2/c1-3-5-7-9-11-13-15-17-19-21-29(32)36-26-23-24-28(27(25-26)31(34)35)37-30(33)22-20-18-16-14-12-10-8-6-4-2;2-1-3/h23-25H,3-22H2,1-2H3,(H,34,35);. The number of esters is 2. The summed E-state index contributed by atoms with van der Waals surface area (Å²) >= 11 is 0. The van der Waals surface area contributed by atoms with Crippen LogP contribution in [0.5, 0.6) is 11.5 Å². The monoisotopic (exact) mass is 562 g/mol. The van der Waals surface area contributed by atoms with Crippen molar-refractivity contribution in [3.63, 3.8) is 0 Å². The highest BCUT2D eigenvalue weighted by Gasteiger charge is 2.17. The first-order valence-corrected chi connectivity index (χ1v) is 15.2. The van der Waals surface area contributed by atoms with Crippen LogP contribution in [0.3, 0.4) is 0 Å². The molecule has 0 saturated carbocycles. The highest BCUT2D eigenvalue weighted by Crippen LogP contribution is 2.26. The number of hydrogen-bond donors (Lipinski definition) is 1. The largest absolute Gasteiger partial charge is 0.478 e. The van der Waals surface area contributed by atoms with E-state index >= 15 is 0 Å². The van der Waals surface area contributed by atoms with Crippen LogP contribution in [0.25, 0.3) is 0 Å². The first kappa shape index (κ1) is 37.0. The molecule has 0 spiro atoms. The molecule has 0 unspecified atom stereocenters. The van der Waals surface area contributed by atoms with Crippen LogP contribution >= 0.6 is 0 Å². The first-order chi connectivity index (χ1) is 19.4. The van der Waals surface area contributed by atoms with Gasteiger partial charge in [0.15, 0.2) is 0 Å². The van der Waals surface area contributed by atoms with Gasteiger partial charge in [0.1, 0.15) is 17.1 Å². The molecule has 0 heterocycles. The average molecular weight is 563 g/mol. The third-order valence-corrected chi connectivity index (χ3v) is 6.61. The van der Waals surface area contributed by atoms with E-state index in [0.717, 1.165) is 38.5 Å². The fourth-order valence-electron chi connectivity index (χ4n) is 4.34. The Hall–Kier alpha value is -2.99. The van der Waals surface area contributed by atoms with Gasteiger partial charge in [0.05, 0.1) is 0 Å². The fourth-order valence-corrected chi connectivity index (χ4v) is 4.34. The maximum Gasteiger partial charge on any atom is 0.373 e. The number of aromatic carboxylic acids is 1. The summed E-state index contributed by atoms with van der Waals surface area (Å²) in [4.78, 5) is 52.3. The lowest BCUT2D eigenvalue weighted by Gasteiger charge is -2.10. The molecule has 0 aliphatic heterocycles. The second-order valence-electron chi connectivity index (χ2n) is 10.2. The van der Waals surface area contributed by atoms with Crippen LogP contribution in [-0.4, -0.2) is 29.2 Å². The predicted molar refractivity (Wildman–Crippen MR) is 153 cm³/mol. The second-order valence-corrected chi connectivity index (χ2v) is 10.2. The number of ether oxygens (including phenoxy) is 2. The van der Waals surface area contributed by atoms with Crippen molar-refractivity contribution in [3.8, 4) is 11.5 Å². The summed E-state index contributed by atoms with van der Waals surface area (Å²) < 4.78 is 10.6. The summed E-state index contributed by atoms with van der Waals surface area (Å²) in [6, 6.07) is 4.11. The van der Waals surface area contributed by atoms with Crippen molar-refractivity contribution in [3.05, 3.63) is 23.8 Å². The first-order valence-electron chi connectivity index (χ1n) is 15.2. The minimum atomic E-state index is -1.23. The van der Waals surface area contributed by atoms with E-state index in [-0.39, 0.29) is 35.6 Å². The van der Waals surface area contributed by atoms with Crippen molar-refractivity contribution >= 4 is 24.1 Å². The molecule has 0 amide bonds. The van der Waals surface area contributed by atoms with Gasteiger partial charge in [0.2, 0.25) is 0 Å². The molecular weight excluding hydrogens is 512 g/mol. The molecule has 0 aliphatic rings. The Morgan fingerprint density at radius 2 is 1.00 bits per heavy atom. The van der Waals surface area contributed by atoms with Crippen LogP contribution in [0.4, 0.5) is 0 Å². The summed E-state index contributed by atoms with van der Waals surface area (Å²) in [6.07, 6.45) is 21.6. The number of unbranched alkanes of at least 4 members (excludes halogenated alkanes) is 16. The smallest absolute Gasteiger partial charge is 0.373 e. The van der Waals surface area contributed by atoms with E-state index in [0.29, 0.717) is 6.42 Å². The molecule has 8 nitrogen and oxygen atoms in total. The van der Waals surface area contributed by atoms with Crippen LogP contribution in [-0.2, 0) is 19.2 Å². The second kappa shape index (κ2) is 26.2. The molecule has 0 aliphatic carbocycles. The molecule has 0 radical (unpaired) electrons. The van der Waals surface area contributed by atoms with E-state index in [2.05, 4.69) is 13.8 Å². The zero-order chi connectivity index (χ0) is 29.8. The summed E-state index contributed by atoms with van der Waals surface area (Å²) in [6.45, 7) is 4.42. The third kappa shape index (κ3) is 20.9. The van der Waals surface area contributed by atoms with Crippen molar-refractivity contribution < 1.29 is 38.6 Å². The van der Waals surface area contributed by atoms with E-state index in [1.165, 1.54) is 95.2 Å². The maximum absolute atomic E-state index is 12.2. The van der Waals surface area contributed by atoms with Gasteiger partial charge in [-0.15, -0.1) is 0 Å². The van der Waals surface area contributed by atoms with Crippen molar-refractivity contribution in [1.29, 1.82) is 0 Å². The summed E-state index contributed by atoms with van der Waals surface area (Å²) in [5.74, 6) is -1.93. The molecule has 0 saturated heterocycles. The molecular formula is C32H50O8. The van der Waals surface area contributed by atoms with Crippen molar-refractivity contribution in [2.24, 2.45) is 0 Å². The molecule has 1 rings (SSSR count). The normalized spacial score (nSPS) is 10.2. The lowest BCUT2D eigenvalue weighted by Crippen LogP contribution is -2.12. The lowest BCUT2D eigenvalue weighted by atomic mass is 10.1. The number of hydrogen-bond acceptors (Lipinski definition) is 7. The Labute approximate surface area is 240 Å². The van der Waals surface area contributed by atoms with Crippen molar-refractivity contribution in [2.45, 2.75) is 142 Å². The van der Waals surface area contributed by atoms with Gasteiger partial charge in [-0.25, -0.2) is 4.79 Å². The van der Waals surface area contributed by atoms with E-state index in [1.807, 2.05) is 0 Å². The zero-order valence-electron chi connectivity index (χ0n) is 24.7. The molecule has 40 heavy (non-hydrogen) atoms. The highest BCUT2D eigenvalue weighted by molar-refractivity contribution is 5.92. The summed E-state index contributed by atoms with van der Waals surface area (Å²) in [7, 11) is 0. The minimum Gasteiger partial charge on any atom is -0.478 e. The van der Waals surface area contributed by atoms with Crippen LogP contribution in [0.2, 0.25) is 0 Å². The molecule has 1 N–H and O–H groups in total. The van der Waals surface area contributed by atoms with Gasteiger partial charge in [0, 0.05) is 12.8 Å². The van der Waals surface area contributed by atoms with Crippen LogP contribution in [0.1, 0.15) is 153 Å². The topological polar surface area (TPSA) is 124 Å². The minimum absolute atomic E-state index is 0.0211. The third-order valence-electron chi connectivity index (χ3n) is 6.61. The Morgan fingerprint density at radius 1 is 0.625 bits per heavy atom. The van der Waals surface area contributed by atoms with Crippen molar-refractivity contribution in [2.75, 3.05) is 0 Å². The number of carbonyl (C=O) groups excluding carboxylic acids is 4. The van der Waals surface area contributed by atoms with Gasteiger partial charge >= 0.3 is 24.1 Å². The quantitative estimate of drug-likeness (QED) is 0.0800. The number of carboxylic acids is 1. The van der Waals surface area contributed by atoms with Crippen LogP contribution in [0, 0.1) is 0 Å². The molecule has 1 aromatic rings. The highest BCUT2D eigenvalue weighted by atomic mass is 16.5. The average Bonchev–Trinajstić information content (AvgIpc) is 2.92. The predicted octanol–water partition coefficient (Wildman–Crippen LogP) is 8.45. The van der Waals surface area contributed by atoms with Gasteiger partial charge in [-0.05, 0) is 31.0 Å². The van der Waals surface area contributed by atoms with Gasteiger partial charge in [-0.3, -0.25) is 9.59 Å². The number of benzene rings is 1. The van der Waals surface area contributed by atoms with Gasteiger partial charge in [-0.1, -0.05) is 117 Å². The molecule has 0 aromatic heterocycles. The Balaban J connectivity index is 0.00000483. The fraction of sp³-hybridized carbons (Fsp3) is 0.688. The lowest BCUT2D eigenvalue weighted by molar-refractivity contribution is -0.191. The molecule has 226 valence electrons. The molecule has 0 bridgehead atoms. The molecule has 1 aromatic carbocycles. The van der Waals surface area contributed by atoms with E-state index in [9.17, 15) is 19.5 Å². The van der Waals surface area contributed by atoms with Gasteiger partial charge in [-0.2, -0.15) is 9.59 Å². The summed E-state index contributed by atoms with van der Waals surface area (Å²) in [5, 5.41) is 9.55. The van der Waals surface area contributed by atoms with Crippen LogP contribution < -0.4 is 9.47 Å². The van der Waals surface area contributed by atoms with E-state index in [4.69, 9.17) is 19.1 Å². The van der Waals surface area contributed by atoms with Crippen LogP contribution in [0.15, 0.2) is 18.2 Å². The summed E-state index contributed by atoms with van der Waals surface area (Å²) in [5.41, 5.74) is -0.186. The van der Waals surface area contributed by atoms with E-state index in [1.54, 1.807) is 0 Å². The van der Waals surface area contributed by atoms with Gasteiger partial charge < -0.3 is 14.6 Å². The Kier molecular flexibility index (Phi) is 24.3. The SMILES string of the molecule is CCCCCCCCCCCC(=O)Oc1ccc(OC(=O)CCCCCCCCCCC)c(C(=O)O)c1.O=C=O. The van der Waals surface area contributed by atoms with E-state index < -0.39 is 11.9 Å². The Bertz CT molecular complexity index is 858. The number of carboxylic acid groups (broad SMARTS) is 1. The molecule has 8 heteroatoms. The Morgan fingerprint density at radius 3 is 1.40 bits per heavy atom.